The van der Waals surface area contributed by atoms with E-state index in [-0.39, 0.29) is 11.4 Å². The molecule has 0 bridgehead atoms. The zero-order chi connectivity index (χ0) is 14.8. The molecule has 0 atom stereocenters. The van der Waals surface area contributed by atoms with E-state index >= 15 is 0 Å². The van der Waals surface area contributed by atoms with Crippen molar-refractivity contribution in [1.82, 2.24) is 15.1 Å². The predicted octanol–water partition coefficient (Wildman–Crippen LogP) is 3.72. The first-order valence-electron chi connectivity index (χ1n) is 6.55. The Morgan fingerprint density at radius 1 is 1.30 bits per heavy atom. The second-order valence-electron chi connectivity index (χ2n) is 5.84. The third-order valence-electron chi connectivity index (χ3n) is 2.84. The second-order valence-corrected chi connectivity index (χ2v) is 6.76. The largest absolute Gasteiger partial charge is 0.306 e. The van der Waals surface area contributed by atoms with E-state index in [9.17, 15) is 4.39 Å². The van der Waals surface area contributed by atoms with Crippen molar-refractivity contribution >= 4 is 15.9 Å². The lowest BCUT2D eigenvalue weighted by molar-refractivity contribution is 0.419. The lowest BCUT2D eigenvalue weighted by Crippen LogP contribution is -2.35. The molecule has 20 heavy (non-hydrogen) atoms. The third-order valence-corrected chi connectivity index (χ3v) is 3.34. The van der Waals surface area contributed by atoms with Crippen LogP contribution in [0.5, 0.6) is 0 Å². The van der Waals surface area contributed by atoms with Gasteiger partial charge in [0, 0.05) is 28.3 Å². The molecule has 5 heteroatoms. The summed E-state index contributed by atoms with van der Waals surface area (Å²) in [7, 11) is 0. The Morgan fingerprint density at radius 2 is 2.05 bits per heavy atom. The van der Waals surface area contributed by atoms with Gasteiger partial charge in [0.15, 0.2) is 0 Å². The van der Waals surface area contributed by atoms with Crippen LogP contribution in [-0.4, -0.2) is 15.3 Å². The maximum atomic E-state index is 13.8. The average molecular weight is 340 g/mol. The van der Waals surface area contributed by atoms with Crippen molar-refractivity contribution in [1.29, 1.82) is 0 Å². The normalized spacial score (nSPS) is 11.8. The first kappa shape index (κ1) is 15.2. The van der Waals surface area contributed by atoms with Gasteiger partial charge in [-0.15, -0.1) is 0 Å². The molecule has 1 aromatic carbocycles. The van der Waals surface area contributed by atoms with E-state index in [2.05, 4.69) is 47.1 Å². The van der Waals surface area contributed by atoms with E-state index in [4.69, 9.17) is 0 Å². The van der Waals surface area contributed by atoms with Gasteiger partial charge in [0.05, 0.1) is 12.2 Å². The number of nitrogens with zero attached hydrogens (tertiary/aromatic N) is 2. The number of nitrogens with one attached hydrogen (secondary N) is 1. The van der Waals surface area contributed by atoms with Gasteiger partial charge in [0.1, 0.15) is 5.82 Å². The molecule has 1 aromatic heterocycles. The summed E-state index contributed by atoms with van der Waals surface area (Å²) in [5.74, 6) is -0.218. The molecule has 0 aliphatic rings. The van der Waals surface area contributed by atoms with E-state index < -0.39 is 0 Å². The van der Waals surface area contributed by atoms with Gasteiger partial charge in [-0.05, 0) is 39.0 Å². The van der Waals surface area contributed by atoms with Crippen LogP contribution in [0.25, 0.3) is 0 Å². The Hall–Kier alpha value is -1.20. The van der Waals surface area contributed by atoms with Gasteiger partial charge in [0.25, 0.3) is 0 Å². The molecule has 0 unspecified atom stereocenters. The number of halogens is 2. The van der Waals surface area contributed by atoms with Gasteiger partial charge in [-0.25, -0.2) is 4.39 Å². The fourth-order valence-electron chi connectivity index (χ4n) is 1.77. The maximum absolute atomic E-state index is 13.8. The highest BCUT2D eigenvalue weighted by Crippen LogP contribution is 2.16. The first-order chi connectivity index (χ1) is 9.33. The van der Waals surface area contributed by atoms with Crippen LogP contribution in [0.3, 0.4) is 0 Å². The van der Waals surface area contributed by atoms with Gasteiger partial charge in [-0.1, -0.05) is 22.0 Å². The second kappa shape index (κ2) is 6.06. The van der Waals surface area contributed by atoms with E-state index in [0.717, 1.165) is 10.2 Å². The zero-order valence-electron chi connectivity index (χ0n) is 12.0. The van der Waals surface area contributed by atoms with Crippen molar-refractivity contribution in [3.63, 3.8) is 0 Å². The molecule has 0 saturated carbocycles. The third kappa shape index (κ3) is 4.42. The fraction of sp³-hybridized carbons (Fsp3) is 0.400. The summed E-state index contributed by atoms with van der Waals surface area (Å²) in [6.07, 6.45) is 1.88. The number of benzene rings is 1. The van der Waals surface area contributed by atoms with Gasteiger partial charge in [-0.3, -0.25) is 4.68 Å². The highest BCUT2D eigenvalue weighted by molar-refractivity contribution is 9.10. The number of aromatic nitrogens is 2. The van der Waals surface area contributed by atoms with Gasteiger partial charge in [0.2, 0.25) is 0 Å². The van der Waals surface area contributed by atoms with Crippen molar-refractivity contribution in [3.05, 3.63) is 52.0 Å². The highest BCUT2D eigenvalue weighted by atomic mass is 79.9. The molecule has 0 spiro atoms. The molecule has 0 amide bonds. The molecule has 2 aromatic rings. The Labute approximate surface area is 127 Å². The smallest absolute Gasteiger partial charge is 0.129 e. The summed E-state index contributed by atoms with van der Waals surface area (Å²) in [5.41, 5.74) is 1.64. The Kier molecular flexibility index (Phi) is 4.60. The average Bonchev–Trinajstić information content (AvgIpc) is 2.77. The van der Waals surface area contributed by atoms with Crippen LogP contribution < -0.4 is 5.32 Å². The predicted molar refractivity (Wildman–Crippen MR) is 82.0 cm³/mol. The minimum atomic E-state index is -0.218. The van der Waals surface area contributed by atoms with Crippen molar-refractivity contribution in [2.45, 2.75) is 39.4 Å². The molecular formula is C15H19BrFN3. The lowest BCUT2D eigenvalue weighted by Gasteiger charge is -2.19. The minimum absolute atomic E-state index is 0.0571. The molecule has 3 nitrogen and oxygen atoms in total. The lowest BCUT2D eigenvalue weighted by atomic mass is 10.1. The number of rotatable bonds is 4. The van der Waals surface area contributed by atoms with Gasteiger partial charge < -0.3 is 5.32 Å². The standard InChI is InChI=1S/C15H19BrFN3/c1-15(2,3)18-9-13-6-7-20(19-13)10-11-4-5-12(16)8-14(11)17/h4-8,18H,9-10H2,1-3H3. The van der Waals surface area contributed by atoms with Crippen molar-refractivity contribution < 1.29 is 4.39 Å². The molecule has 1 heterocycles. The van der Waals surface area contributed by atoms with Gasteiger partial charge >= 0.3 is 0 Å². The quantitative estimate of drug-likeness (QED) is 0.919. The van der Waals surface area contributed by atoms with E-state index in [0.29, 0.717) is 18.7 Å². The number of hydrogen-bond donors (Lipinski definition) is 1. The molecule has 108 valence electrons. The van der Waals surface area contributed by atoms with Crippen LogP contribution in [0.15, 0.2) is 34.9 Å². The van der Waals surface area contributed by atoms with E-state index in [1.807, 2.05) is 18.3 Å². The molecule has 2 rings (SSSR count). The van der Waals surface area contributed by atoms with Crippen LogP contribution in [0.1, 0.15) is 32.0 Å². The Morgan fingerprint density at radius 3 is 2.70 bits per heavy atom. The van der Waals surface area contributed by atoms with Crippen LogP contribution in [0.4, 0.5) is 4.39 Å². The Balaban J connectivity index is 2.02. The van der Waals surface area contributed by atoms with Crippen LogP contribution >= 0.6 is 15.9 Å². The molecule has 0 radical (unpaired) electrons. The summed E-state index contributed by atoms with van der Waals surface area (Å²) >= 11 is 3.25. The maximum Gasteiger partial charge on any atom is 0.129 e. The van der Waals surface area contributed by atoms with Crippen molar-refractivity contribution in [2.24, 2.45) is 0 Å². The topological polar surface area (TPSA) is 29.9 Å². The first-order valence-corrected chi connectivity index (χ1v) is 7.34. The molecule has 1 N–H and O–H groups in total. The monoisotopic (exact) mass is 339 g/mol. The number of hydrogen-bond acceptors (Lipinski definition) is 2. The summed E-state index contributed by atoms with van der Waals surface area (Å²) in [6, 6.07) is 7.04. The van der Waals surface area contributed by atoms with E-state index in [1.165, 1.54) is 6.07 Å². The zero-order valence-corrected chi connectivity index (χ0v) is 13.5. The van der Waals surface area contributed by atoms with Crippen molar-refractivity contribution in [3.8, 4) is 0 Å². The highest BCUT2D eigenvalue weighted by Gasteiger charge is 2.10. The van der Waals surface area contributed by atoms with Crippen molar-refractivity contribution in [2.75, 3.05) is 0 Å². The summed E-state index contributed by atoms with van der Waals surface area (Å²) in [4.78, 5) is 0. The molecular weight excluding hydrogens is 321 g/mol. The van der Waals surface area contributed by atoms with Crippen LogP contribution in [0.2, 0.25) is 0 Å². The summed E-state index contributed by atoms with van der Waals surface area (Å²) in [6.45, 7) is 7.48. The molecule has 0 aliphatic carbocycles. The molecule has 0 saturated heterocycles. The summed E-state index contributed by atoms with van der Waals surface area (Å²) in [5, 5.41) is 7.83. The molecule has 0 fully saturated rings. The fourth-order valence-corrected chi connectivity index (χ4v) is 2.10. The van der Waals surface area contributed by atoms with Crippen LogP contribution in [0, 0.1) is 5.82 Å². The summed E-state index contributed by atoms with van der Waals surface area (Å²) < 4.78 is 16.3. The molecule has 0 aliphatic heterocycles. The van der Waals surface area contributed by atoms with Gasteiger partial charge in [-0.2, -0.15) is 5.10 Å². The Bertz CT molecular complexity index is 587. The minimum Gasteiger partial charge on any atom is -0.306 e. The van der Waals surface area contributed by atoms with E-state index in [1.54, 1.807) is 10.7 Å². The van der Waals surface area contributed by atoms with Crippen LogP contribution in [-0.2, 0) is 13.1 Å². The SMILES string of the molecule is CC(C)(C)NCc1ccn(Cc2ccc(Br)cc2F)n1.